The zero-order valence-electron chi connectivity index (χ0n) is 35.0. The van der Waals surface area contributed by atoms with Gasteiger partial charge in [-0.15, -0.1) is 18.6 Å². The minimum atomic E-state index is -5.81. The third-order valence-corrected chi connectivity index (χ3v) is 13.1. The number of pyridine rings is 1. The van der Waals surface area contributed by atoms with E-state index >= 15 is 0 Å². The van der Waals surface area contributed by atoms with Gasteiger partial charge in [0, 0.05) is 46.4 Å². The molecule has 0 saturated carbocycles. The Morgan fingerprint density at radius 2 is 1.06 bits per heavy atom. The van der Waals surface area contributed by atoms with Crippen LogP contribution in [0, 0.1) is 24.6 Å². The van der Waals surface area contributed by atoms with Crippen LogP contribution in [0.25, 0.3) is 38.8 Å². The molecular weight excluding hydrogens is 1130 g/mol. The zero-order chi connectivity index (χ0) is 49.8. The molecule has 0 unspecified atom stereocenters. The van der Waals surface area contributed by atoms with Crippen LogP contribution in [0.4, 0.5) is 61.5 Å². The number of benzene rings is 5. The number of halogens is 14. The molecule has 366 valence electrons. The van der Waals surface area contributed by atoms with E-state index in [9.17, 15) is 66.6 Å². The summed E-state index contributed by atoms with van der Waals surface area (Å²) in [6.45, 7) is 2.40. The molecule has 0 saturated heterocycles. The molecular formula is C46H37F14IrN2O4P+. The van der Waals surface area contributed by atoms with Crippen LogP contribution in [0.5, 0.6) is 11.5 Å². The van der Waals surface area contributed by atoms with E-state index in [0.717, 1.165) is 51.1 Å². The van der Waals surface area contributed by atoms with Crippen LogP contribution in [0.3, 0.4) is 0 Å². The van der Waals surface area contributed by atoms with E-state index < -0.39 is 68.0 Å². The van der Waals surface area contributed by atoms with E-state index in [1.165, 1.54) is 24.3 Å². The molecule has 2 N–H and O–H groups in total. The molecule has 7 aromatic rings. The van der Waals surface area contributed by atoms with E-state index in [2.05, 4.69) is 18.0 Å². The summed E-state index contributed by atoms with van der Waals surface area (Å²) in [5.74, 6) is 0.0422. The van der Waals surface area contributed by atoms with Crippen molar-refractivity contribution in [3.05, 3.63) is 152 Å². The summed E-state index contributed by atoms with van der Waals surface area (Å²) in [6, 6.07) is 35.3. The van der Waals surface area contributed by atoms with E-state index in [1.807, 2.05) is 47.0 Å². The summed E-state index contributed by atoms with van der Waals surface area (Å²) in [4.78, 5) is 4.28. The number of aromatic nitrogens is 2. The minimum absolute atomic E-state index is 0. The van der Waals surface area contributed by atoms with Gasteiger partial charge >= 0.3 is 44.8 Å². The van der Waals surface area contributed by atoms with Gasteiger partial charge in [-0.3, -0.25) is 8.78 Å². The number of rotatable bonds is 9. The van der Waals surface area contributed by atoms with Gasteiger partial charge in [-0.05, 0) is 60.3 Å². The summed E-state index contributed by atoms with van der Waals surface area (Å²) in [5.41, 5.74) is -6.37. The second-order valence-electron chi connectivity index (χ2n) is 14.4. The van der Waals surface area contributed by atoms with Crippen LogP contribution in [-0.2, 0) is 20.1 Å². The molecule has 0 amide bonds. The van der Waals surface area contributed by atoms with Crippen LogP contribution in [0.15, 0.2) is 128 Å². The van der Waals surface area contributed by atoms with Crippen molar-refractivity contribution in [3.63, 3.8) is 0 Å². The third kappa shape index (κ3) is 11.7. The predicted molar refractivity (Wildman–Crippen MR) is 227 cm³/mol. The van der Waals surface area contributed by atoms with E-state index in [-0.39, 0.29) is 25.7 Å². The maximum absolute atomic E-state index is 14.4. The number of fused-ring (bicyclic) bond motifs is 3. The van der Waals surface area contributed by atoms with Gasteiger partial charge in [0.15, 0.2) is 0 Å². The number of nitrogens with zero attached hydrogens (tertiary/aromatic N) is 2. The Hall–Kier alpha value is -5.33. The Morgan fingerprint density at radius 1 is 0.618 bits per heavy atom. The molecule has 22 heteroatoms. The Kier molecular flexibility index (Phi) is 17.5. The molecule has 6 nitrogen and oxygen atoms in total. The first-order valence-electron chi connectivity index (χ1n) is 19.2. The second-order valence-corrected chi connectivity index (χ2v) is 16.9. The van der Waals surface area contributed by atoms with Crippen molar-refractivity contribution in [1.82, 2.24) is 9.55 Å². The quantitative estimate of drug-likeness (QED) is 0.0856. The molecule has 68 heavy (non-hydrogen) atoms. The molecule has 0 bridgehead atoms. The first kappa shape index (κ1) is 55.3. The molecule has 0 aliphatic carbocycles. The number of ether oxygens (including phenoxy) is 2. The molecule has 2 heterocycles. The van der Waals surface area contributed by atoms with Crippen molar-refractivity contribution < 1.29 is 101 Å². The standard InChI is InChI=1S/C25H17F2N2O2.C16H13F6OP.C5H5F6O.Ir.H/c1-30-17-4-7-19-20-8-5-18(31-2)14-25(20)29(24(19)13-17)16-9-10-28-23(12-16)21-6-3-15(26)11-22(21)27;17-15(18,19)14(23,16(20,21)22)11-24(12-7-3-1-4-8-12)13-9-5-2-6-10-13;1-2-3(12,4(6,7)8)5(9,10)11;;/h3-5,7-14H,1-2H3;1-10,23H,11H2;12H,1-2H2;;/q-1;;-1;+2;/p+1. The Balaban J connectivity index is 0.000000243. The van der Waals surface area contributed by atoms with Gasteiger partial charge in [-0.25, -0.2) is 0 Å². The van der Waals surface area contributed by atoms with Crippen LogP contribution < -0.4 is 20.1 Å². The summed E-state index contributed by atoms with van der Waals surface area (Å²) in [6.07, 6.45) is -24.7. The van der Waals surface area contributed by atoms with Crippen LogP contribution in [-0.4, -0.2) is 76.1 Å². The molecule has 7 rings (SSSR count). The number of alkyl halides is 12. The average Bonchev–Trinajstić information content (AvgIpc) is 3.60. The van der Waals surface area contributed by atoms with E-state index in [4.69, 9.17) is 14.6 Å². The summed E-state index contributed by atoms with van der Waals surface area (Å²) < 4.78 is 188. The molecule has 0 fully saturated rings. The number of aliphatic hydroxyl groups is 2. The Morgan fingerprint density at radius 3 is 1.43 bits per heavy atom. The van der Waals surface area contributed by atoms with Crippen molar-refractivity contribution in [2.24, 2.45) is 0 Å². The molecule has 2 aromatic heterocycles. The SMILES string of the molecule is COc1ccc2c3ccc(OC)cc3n(-c3ccnc(-c4[c-]cc(F)cc4F)c3)c2c1.OC(C[PH+](c1ccccc1)c1ccccc1)(C(F)(F)F)C(F)(F)F.[CH2-]CC(O)(C(F)(F)F)C(F)(F)F.[IrH+2]. The van der Waals surface area contributed by atoms with Crippen molar-refractivity contribution in [2.45, 2.75) is 42.3 Å². The zero-order valence-corrected chi connectivity index (χ0v) is 38.5. The molecule has 0 atom stereocenters. The van der Waals surface area contributed by atoms with Gasteiger partial charge in [0.25, 0.3) is 5.60 Å². The van der Waals surface area contributed by atoms with Crippen LogP contribution >= 0.6 is 7.92 Å². The average molecular weight is 1170 g/mol. The number of hydrogen-bond donors (Lipinski definition) is 2. The fraction of sp³-hybridized carbons (Fsp3) is 0.217. The Labute approximate surface area is 393 Å². The first-order chi connectivity index (χ1) is 31.2. The van der Waals surface area contributed by atoms with Crippen LogP contribution in [0.2, 0.25) is 0 Å². The molecule has 5 aromatic carbocycles. The topological polar surface area (TPSA) is 76.7 Å². The van der Waals surface area contributed by atoms with Gasteiger partial charge in [0.1, 0.15) is 17.7 Å². The summed E-state index contributed by atoms with van der Waals surface area (Å²) in [5, 5.41) is 20.5. The van der Waals surface area contributed by atoms with Crippen molar-refractivity contribution in [1.29, 1.82) is 0 Å². The fourth-order valence-corrected chi connectivity index (χ4v) is 9.40. The van der Waals surface area contributed by atoms with E-state index in [1.54, 1.807) is 62.9 Å². The van der Waals surface area contributed by atoms with E-state index in [0.29, 0.717) is 16.3 Å². The fourth-order valence-electron chi connectivity index (χ4n) is 6.56. The predicted octanol–water partition coefficient (Wildman–Crippen LogP) is 11.4. The second kappa shape index (κ2) is 21.5. The van der Waals surface area contributed by atoms with Gasteiger partial charge < -0.3 is 36.2 Å². The maximum atomic E-state index is 14.4. The first-order valence-corrected chi connectivity index (χ1v) is 20.9. The molecule has 0 aliphatic rings. The number of hydrogen-bond acceptors (Lipinski definition) is 5. The van der Waals surface area contributed by atoms with Crippen molar-refractivity contribution in [3.8, 4) is 28.4 Å². The van der Waals surface area contributed by atoms with Crippen LogP contribution in [0.1, 0.15) is 6.42 Å². The van der Waals surface area contributed by atoms with Crippen molar-refractivity contribution in [2.75, 3.05) is 20.4 Å². The van der Waals surface area contributed by atoms with Gasteiger partial charge in [-0.2, -0.15) is 52.7 Å². The monoisotopic (exact) mass is 1170 g/mol. The third-order valence-electron chi connectivity index (χ3n) is 10.2. The summed E-state index contributed by atoms with van der Waals surface area (Å²) >= 11 is 0. The van der Waals surface area contributed by atoms with Gasteiger partial charge in [0.05, 0.1) is 43.8 Å². The van der Waals surface area contributed by atoms with Gasteiger partial charge in [0.2, 0.25) is 5.60 Å². The molecule has 1 radical (unpaired) electrons. The molecule has 0 aliphatic heterocycles. The Bertz CT molecular complexity index is 2640. The van der Waals surface area contributed by atoms with Gasteiger partial charge in [-0.1, -0.05) is 54.1 Å². The van der Waals surface area contributed by atoms with Crippen molar-refractivity contribution >= 4 is 40.3 Å². The summed E-state index contributed by atoms with van der Waals surface area (Å²) in [7, 11) is 0.729. The molecule has 0 spiro atoms. The number of methoxy groups -OCH3 is 2. The normalized spacial score (nSPS) is 12.5.